The van der Waals surface area contributed by atoms with Crippen LogP contribution in [0.3, 0.4) is 0 Å². The lowest BCUT2D eigenvalue weighted by atomic mass is 9.79. The molecule has 0 aliphatic rings. The molecule has 0 spiro atoms. The van der Waals surface area contributed by atoms with Gasteiger partial charge < -0.3 is 19.5 Å². The highest BCUT2D eigenvalue weighted by atomic mass is 16.5. The fourth-order valence-electron chi connectivity index (χ4n) is 1.28. The summed E-state index contributed by atoms with van der Waals surface area (Å²) in [5.41, 5.74) is 1.25. The number of hydrogen-bond donors (Lipinski definition) is 2. The van der Waals surface area contributed by atoms with Crippen molar-refractivity contribution in [3.63, 3.8) is 0 Å². The Kier molecular flexibility index (Phi) is 4.61. The summed E-state index contributed by atoms with van der Waals surface area (Å²) < 4.78 is 10.4. The zero-order valence-electron chi connectivity index (χ0n) is 8.93. The van der Waals surface area contributed by atoms with Gasteiger partial charge in [-0.25, -0.2) is 0 Å². The van der Waals surface area contributed by atoms with E-state index in [0.717, 1.165) is 5.56 Å². The van der Waals surface area contributed by atoms with Crippen LogP contribution in [0.4, 0.5) is 0 Å². The van der Waals surface area contributed by atoms with Gasteiger partial charge in [-0.3, -0.25) is 0 Å². The van der Waals surface area contributed by atoms with E-state index in [4.69, 9.17) is 19.5 Å². The van der Waals surface area contributed by atoms with E-state index in [0.29, 0.717) is 24.4 Å². The number of benzene rings is 1. The molecule has 0 heterocycles. The first kappa shape index (κ1) is 12.0. The molecule has 0 fully saturated rings. The molecular weight excluding hydrogens is 195 g/mol. The van der Waals surface area contributed by atoms with Crippen LogP contribution >= 0.6 is 0 Å². The molecule has 15 heavy (non-hydrogen) atoms. The van der Waals surface area contributed by atoms with Crippen LogP contribution in [0.2, 0.25) is 0 Å². The first-order valence-corrected chi connectivity index (χ1v) is 4.79. The minimum atomic E-state index is -1.46. The Bertz CT molecular complexity index is 314. The second-order valence-electron chi connectivity index (χ2n) is 3.08. The summed E-state index contributed by atoms with van der Waals surface area (Å²) in [4.78, 5) is 0. The largest absolute Gasteiger partial charge is 0.496 e. The molecule has 0 atom stereocenters. The van der Waals surface area contributed by atoms with Crippen molar-refractivity contribution in [1.29, 1.82) is 0 Å². The van der Waals surface area contributed by atoms with E-state index < -0.39 is 7.12 Å². The van der Waals surface area contributed by atoms with Crippen LogP contribution in [0, 0.1) is 0 Å². The topological polar surface area (TPSA) is 58.9 Å². The molecule has 4 nitrogen and oxygen atoms in total. The van der Waals surface area contributed by atoms with Crippen LogP contribution < -0.4 is 10.2 Å². The van der Waals surface area contributed by atoms with E-state index in [1.54, 1.807) is 25.3 Å². The maximum Gasteiger partial charge on any atom is 0.488 e. The second-order valence-corrected chi connectivity index (χ2v) is 3.08. The summed E-state index contributed by atoms with van der Waals surface area (Å²) in [6.07, 6.45) is 0. The summed E-state index contributed by atoms with van der Waals surface area (Å²) in [7, 11) is 0.107. The molecule has 1 aromatic rings. The lowest BCUT2D eigenvalue weighted by Gasteiger charge is -2.10. The van der Waals surface area contributed by atoms with E-state index in [2.05, 4.69) is 0 Å². The monoisotopic (exact) mass is 210 g/mol. The quantitative estimate of drug-likeness (QED) is 0.667. The Hall–Kier alpha value is -1.04. The van der Waals surface area contributed by atoms with Crippen molar-refractivity contribution in [2.24, 2.45) is 0 Å². The molecule has 0 amide bonds. The smallest absolute Gasteiger partial charge is 0.488 e. The summed E-state index contributed by atoms with van der Waals surface area (Å²) >= 11 is 0. The van der Waals surface area contributed by atoms with Gasteiger partial charge in [-0.2, -0.15) is 0 Å². The van der Waals surface area contributed by atoms with Crippen molar-refractivity contribution in [3.05, 3.63) is 23.8 Å². The average Bonchev–Trinajstić information content (AvgIpc) is 2.25. The van der Waals surface area contributed by atoms with Gasteiger partial charge in [0.1, 0.15) is 5.75 Å². The predicted octanol–water partition coefficient (Wildman–Crippen LogP) is -0.0885. The lowest BCUT2D eigenvalue weighted by molar-refractivity contribution is 0.132. The highest BCUT2D eigenvalue weighted by Gasteiger charge is 2.13. The van der Waals surface area contributed by atoms with Gasteiger partial charge in [-0.05, 0) is 18.5 Å². The molecule has 0 saturated carbocycles. The normalized spacial score (nSPS) is 10.1. The van der Waals surface area contributed by atoms with Gasteiger partial charge in [0.2, 0.25) is 0 Å². The highest BCUT2D eigenvalue weighted by Crippen LogP contribution is 2.17. The summed E-state index contributed by atoms with van der Waals surface area (Å²) in [6.45, 7) is 2.91. The molecule has 0 saturated heterocycles. The van der Waals surface area contributed by atoms with E-state index in [9.17, 15) is 0 Å². The first-order valence-electron chi connectivity index (χ1n) is 4.79. The van der Waals surface area contributed by atoms with Gasteiger partial charge in [-0.15, -0.1) is 0 Å². The fourth-order valence-corrected chi connectivity index (χ4v) is 1.28. The van der Waals surface area contributed by atoms with Gasteiger partial charge in [-0.1, -0.05) is 12.1 Å². The van der Waals surface area contributed by atoms with Crippen LogP contribution in [0.1, 0.15) is 12.5 Å². The van der Waals surface area contributed by atoms with Crippen molar-refractivity contribution in [2.75, 3.05) is 13.7 Å². The summed E-state index contributed by atoms with van der Waals surface area (Å²) in [5.74, 6) is 0.688. The zero-order chi connectivity index (χ0) is 11.3. The fraction of sp³-hybridized carbons (Fsp3) is 0.400. The molecule has 0 bridgehead atoms. The van der Waals surface area contributed by atoms with Crippen LogP contribution in [0.15, 0.2) is 18.2 Å². The molecular formula is C10H15BO4. The molecule has 0 unspecified atom stereocenters. The third kappa shape index (κ3) is 3.23. The van der Waals surface area contributed by atoms with Gasteiger partial charge in [0.15, 0.2) is 0 Å². The van der Waals surface area contributed by atoms with Gasteiger partial charge in [0.05, 0.1) is 13.7 Å². The summed E-state index contributed by atoms with van der Waals surface area (Å²) in [6, 6.07) is 4.97. The molecule has 0 aliphatic heterocycles. The standard InChI is InChI=1S/C10H15BO4/c1-3-15-7-8-6-9(11(12)13)4-5-10(8)14-2/h4-6,12-13H,3,7H2,1-2H3. The molecule has 82 valence electrons. The highest BCUT2D eigenvalue weighted by molar-refractivity contribution is 6.58. The third-order valence-electron chi connectivity index (χ3n) is 2.06. The molecule has 1 aromatic carbocycles. The Morgan fingerprint density at radius 2 is 2.07 bits per heavy atom. The Morgan fingerprint density at radius 3 is 2.60 bits per heavy atom. The maximum atomic E-state index is 9.01. The number of rotatable bonds is 5. The van der Waals surface area contributed by atoms with Gasteiger partial charge in [0.25, 0.3) is 0 Å². The van der Waals surface area contributed by atoms with Gasteiger partial charge >= 0.3 is 7.12 Å². The lowest BCUT2D eigenvalue weighted by Crippen LogP contribution is -2.30. The SMILES string of the molecule is CCOCc1cc(B(O)O)ccc1OC. The number of methoxy groups -OCH3 is 1. The van der Waals surface area contributed by atoms with Crippen LogP contribution in [0.25, 0.3) is 0 Å². The average molecular weight is 210 g/mol. The number of ether oxygens (including phenoxy) is 2. The Labute approximate surface area is 89.6 Å². The second kappa shape index (κ2) is 5.75. The van der Waals surface area contributed by atoms with E-state index >= 15 is 0 Å². The molecule has 5 heteroatoms. The van der Waals surface area contributed by atoms with Crippen molar-refractivity contribution < 1.29 is 19.5 Å². The molecule has 0 radical (unpaired) electrons. The zero-order valence-corrected chi connectivity index (χ0v) is 8.93. The molecule has 2 N–H and O–H groups in total. The molecule has 0 aromatic heterocycles. The third-order valence-corrected chi connectivity index (χ3v) is 2.06. The Morgan fingerprint density at radius 1 is 1.33 bits per heavy atom. The van der Waals surface area contributed by atoms with Crippen LogP contribution in [-0.4, -0.2) is 30.9 Å². The maximum absolute atomic E-state index is 9.01. The molecule has 0 aliphatic carbocycles. The van der Waals surface area contributed by atoms with E-state index in [1.165, 1.54) is 0 Å². The molecule has 1 rings (SSSR count). The van der Waals surface area contributed by atoms with Crippen LogP contribution in [0.5, 0.6) is 5.75 Å². The minimum absolute atomic E-state index is 0.403. The van der Waals surface area contributed by atoms with Gasteiger partial charge in [0, 0.05) is 12.2 Å². The predicted molar refractivity (Wildman–Crippen MR) is 58.1 cm³/mol. The van der Waals surface area contributed by atoms with Crippen molar-refractivity contribution in [3.8, 4) is 5.75 Å². The first-order chi connectivity index (χ1) is 7.19. The van der Waals surface area contributed by atoms with Crippen molar-refractivity contribution in [2.45, 2.75) is 13.5 Å². The van der Waals surface area contributed by atoms with E-state index in [1.807, 2.05) is 6.92 Å². The number of hydrogen-bond acceptors (Lipinski definition) is 4. The summed E-state index contributed by atoms with van der Waals surface area (Å²) in [5, 5.41) is 18.0. The Balaban J connectivity index is 2.91. The van der Waals surface area contributed by atoms with Crippen molar-refractivity contribution in [1.82, 2.24) is 0 Å². The van der Waals surface area contributed by atoms with Crippen molar-refractivity contribution >= 4 is 12.6 Å². The van der Waals surface area contributed by atoms with Crippen LogP contribution in [-0.2, 0) is 11.3 Å². The van der Waals surface area contributed by atoms with E-state index in [-0.39, 0.29) is 0 Å². The minimum Gasteiger partial charge on any atom is -0.496 e.